The van der Waals surface area contributed by atoms with E-state index in [9.17, 15) is 9.90 Å². The molecule has 0 aliphatic carbocycles. The average Bonchev–Trinajstić information content (AvgIpc) is 2.55. The van der Waals surface area contributed by atoms with Crippen LogP contribution in [0, 0.1) is 0 Å². The molecule has 0 saturated heterocycles. The van der Waals surface area contributed by atoms with Gasteiger partial charge in [-0.25, -0.2) is 4.79 Å². The smallest absolute Gasteiger partial charge is 0.338 e. The molecule has 22 heavy (non-hydrogen) atoms. The number of esters is 1. The van der Waals surface area contributed by atoms with E-state index in [-0.39, 0.29) is 11.7 Å². The molecule has 116 valence electrons. The summed E-state index contributed by atoms with van der Waals surface area (Å²) in [6.45, 7) is 2.64. The summed E-state index contributed by atoms with van der Waals surface area (Å²) < 4.78 is 5.26. The Bertz CT molecular complexity index is 585. The summed E-state index contributed by atoms with van der Waals surface area (Å²) in [7, 11) is 0. The number of ether oxygens (including phenoxy) is 1. The van der Waals surface area contributed by atoms with Gasteiger partial charge in [0, 0.05) is 0 Å². The highest BCUT2D eigenvalue weighted by atomic mass is 16.5. The van der Waals surface area contributed by atoms with Crippen molar-refractivity contribution in [3.63, 3.8) is 0 Å². The number of rotatable bonds is 7. The molecule has 0 fully saturated rings. The summed E-state index contributed by atoms with van der Waals surface area (Å²) >= 11 is 0. The zero-order valence-electron chi connectivity index (χ0n) is 12.9. The average molecular weight is 298 g/mol. The molecular formula is C19H22O3. The molecule has 0 saturated carbocycles. The lowest BCUT2D eigenvalue weighted by atomic mass is 10.0. The van der Waals surface area contributed by atoms with E-state index < -0.39 is 0 Å². The van der Waals surface area contributed by atoms with Gasteiger partial charge in [0.1, 0.15) is 5.75 Å². The molecule has 3 heteroatoms. The van der Waals surface area contributed by atoms with E-state index in [0.29, 0.717) is 12.2 Å². The Morgan fingerprint density at radius 3 is 2.09 bits per heavy atom. The first-order valence-electron chi connectivity index (χ1n) is 7.77. The molecule has 0 bridgehead atoms. The van der Waals surface area contributed by atoms with Gasteiger partial charge in [0.05, 0.1) is 12.2 Å². The molecule has 2 aromatic carbocycles. The lowest BCUT2D eigenvalue weighted by Crippen LogP contribution is -2.06. The number of carbonyl (C=O) groups excluding carboxylic acids is 1. The number of benzene rings is 2. The normalized spacial score (nSPS) is 10.4. The third kappa shape index (κ3) is 4.62. The lowest BCUT2D eigenvalue weighted by Gasteiger charge is -2.06. The van der Waals surface area contributed by atoms with Crippen LogP contribution in [0.3, 0.4) is 0 Å². The summed E-state index contributed by atoms with van der Waals surface area (Å²) in [5.41, 5.74) is 2.56. The fourth-order valence-electron chi connectivity index (χ4n) is 2.23. The minimum absolute atomic E-state index is 0.243. The van der Waals surface area contributed by atoms with E-state index in [1.54, 1.807) is 24.3 Å². The van der Waals surface area contributed by atoms with Gasteiger partial charge in [0.15, 0.2) is 0 Å². The molecule has 0 aliphatic heterocycles. The minimum atomic E-state index is -0.270. The van der Waals surface area contributed by atoms with Gasteiger partial charge < -0.3 is 9.84 Å². The predicted octanol–water partition coefficient (Wildman–Crippen LogP) is 4.80. The van der Waals surface area contributed by atoms with Crippen molar-refractivity contribution >= 4 is 5.97 Å². The largest absolute Gasteiger partial charge is 0.508 e. The third-order valence-corrected chi connectivity index (χ3v) is 3.55. The van der Waals surface area contributed by atoms with Gasteiger partial charge >= 0.3 is 5.97 Å². The number of phenols is 1. The summed E-state index contributed by atoms with van der Waals surface area (Å²) in [6.07, 6.45) is 4.38. The first-order valence-corrected chi connectivity index (χ1v) is 7.77. The second-order valence-electron chi connectivity index (χ2n) is 5.32. The Balaban J connectivity index is 1.91. The maximum absolute atomic E-state index is 11.9. The topological polar surface area (TPSA) is 46.5 Å². The molecule has 0 unspecified atom stereocenters. The monoisotopic (exact) mass is 298 g/mol. The zero-order chi connectivity index (χ0) is 15.8. The summed E-state index contributed by atoms with van der Waals surface area (Å²) in [5, 5.41) is 9.30. The van der Waals surface area contributed by atoms with Crippen LogP contribution < -0.4 is 0 Å². The van der Waals surface area contributed by atoms with Crippen LogP contribution in [0.1, 0.15) is 43.0 Å². The van der Waals surface area contributed by atoms with Crippen molar-refractivity contribution in [3.05, 3.63) is 54.1 Å². The van der Waals surface area contributed by atoms with E-state index in [4.69, 9.17) is 4.74 Å². The van der Waals surface area contributed by atoms with Gasteiger partial charge in [-0.2, -0.15) is 0 Å². The standard InChI is InChI=1S/C19H22O3/c1-2-3-4-5-14-22-19(21)17-8-6-15(7-9-17)16-10-12-18(20)13-11-16/h6-13,20H,2-5,14H2,1H3. The van der Waals surface area contributed by atoms with Crippen LogP contribution in [-0.4, -0.2) is 17.7 Å². The first kappa shape index (κ1) is 16.1. The Morgan fingerprint density at radius 1 is 0.909 bits per heavy atom. The molecule has 0 radical (unpaired) electrons. The van der Waals surface area contributed by atoms with Crippen molar-refractivity contribution in [3.8, 4) is 16.9 Å². The highest BCUT2D eigenvalue weighted by Gasteiger charge is 2.07. The summed E-state index contributed by atoms with van der Waals surface area (Å²) in [6, 6.07) is 14.3. The van der Waals surface area contributed by atoms with E-state index >= 15 is 0 Å². The van der Waals surface area contributed by atoms with Gasteiger partial charge in [-0.1, -0.05) is 50.5 Å². The van der Waals surface area contributed by atoms with Crippen LogP contribution in [0.15, 0.2) is 48.5 Å². The van der Waals surface area contributed by atoms with Crippen molar-refractivity contribution in [2.75, 3.05) is 6.61 Å². The molecule has 3 nitrogen and oxygen atoms in total. The molecule has 0 amide bonds. The highest BCUT2D eigenvalue weighted by Crippen LogP contribution is 2.22. The quantitative estimate of drug-likeness (QED) is 0.590. The molecule has 2 rings (SSSR count). The van der Waals surface area contributed by atoms with Crippen molar-refractivity contribution < 1.29 is 14.6 Å². The molecule has 0 aromatic heterocycles. The Morgan fingerprint density at radius 2 is 1.50 bits per heavy atom. The SMILES string of the molecule is CCCCCCOC(=O)c1ccc(-c2ccc(O)cc2)cc1. The highest BCUT2D eigenvalue weighted by molar-refractivity contribution is 5.90. The van der Waals surface area contributed by atoms with Crippen LogP contribution in [0.2, 0.25) is 0 Å². The van der Waals surface area contributed by atoms with Crippen molar-refractivity contribution in [1.82, 2.24) is 0 Å². The van der Waals surface area contributed by atoms with Gasteiger partial charge in [0.25, 0.3) is 0 Å². The van der Waals surface area contributed by atoms with Crippen molar-refractivity contribution in [2.24, 2.45) is 0 Å². The molecule has 1 N–H and O–H groups in total. The summed E-state index contributed by atoms with van der Waals surface area (Å²) in [4.78, 5) is 11.9. The van der Waals surface area contributed by atoms with E-state index in [2.05, 4.69) is 6.92 Å². The molecule has 2 aromatic rings. The molecule has 0 heterocycles. The fraction of sp³-hybridized carbons (Fsp3) is 0.316. The maximum Gasteiger partial charge on any atom is 0.338 e. The predicted molar refractivity (Wildman–Crippen MR) is 88.0 cm³/mol. The van der Waals surface area contributed by atoms with Gasteiger partial charge in [-0.15, -0.1) is 0 Å². The van der Waals surface area contributed by atoms with Crippen molar-refractivity contribution in [2.45, 2.75) is 32.6 Å². The van der Waals surface area contributed by atoms with Gasteiger partial charge in [-0.05, 0) is 41.8 Å². The van der Waals surface area contributed by atoms with Crippen LogP contribution in [0.5, 0.6) is 5.75 Å². The number of aromatic hydroxyl groups is 1. The lowest BCUT2D eigenvalue weighted by molar-refractivity contribution is 0.0498. The zero-order valence-corrected chi connectivity index (χ0v) is 12.9. The minimum Gasteiger partial charge on any atom is -0.508 e. The maximum atomic E-state index is 11.9. The van der Waals surface area contributed by atoms with Crippen molar-refractivity contribution in [1.29, 1.82) is 0 Å². The number of hydrogen-bond acceptors (Lipinski definition) is 3. The third-order valence-electron chi connectivity index (χ3n) is 3.55. The second-order valence-corrected chi connectivity index (χ2v) is 5.32. The summed E-state index contributed by atoms with van der Waals surface area (Å²) in [5.74, 6) is -0.0271. The van der Waals surface area contributed by atoms with Crippen LogP contribution in [0.25, 0.3) is 11.1 Å². The van der Waals surface area contributed by atoms with E-state index in [1.165, 1.54) is 12.8 Å². The molecular weight excluding hydrogens is 276 g/mol. The Labute approximate surface area is 131 Å². The number of phenolic OH excluding ortho intramolecular Hbond substituents is 1. The molecule has 0 atom stereocenters. The first-order chi connectivity index (χ1) is 10.7. The molecule has 0 spiro atoms. The number of unbranched alkanes of at least 4 members (excludes halogenated alkanes) is 3. The Kier molecular flexibility index (Phi) is 6.01. The number of hydrogen-bond donors (Lipinski definition) is 1. The van der Waals surface area contributed by atoms with Gasteiger partial charge in [-0.3, -0.25) is 0 Å². The van der Waals surface area contributed by atoms with Crippen LogP contribution in [0.4, 0.5) is 0 Å². The van der Waals surface area contributed by atoms with Crippen LogP contribution in [-0.2, 0) is 4.74 Å². The van der Waals surface area contributed by atoms with E-state index in [0.717, 1.165) is 24.0 Å². The van der Waals surface area contributed by atoms with Gasteiger partial charge in [0.2, 0.25) is 0 Å². The second kappa shape index (κ2) is 8.23. The molecule has 0 aliphatic rings. The Hall–Kier alpha value is -2.29. The van der Waals surface area contributed by atoms with Crippen LogP contribution >= 0.6 is 0 Å². The fourth-order valence-corrected chi connectivity index (χ4v) is 2.23. The van der Waals surface area contributed by atoms with E-state index in [1.807, 2.05) is 24.3 Å². The number of carbonyl (C=O) groups is 1.